The first kappa shape index (κ1) is 38.1. The number of phenols is 2. The van der Waals surface area contributed by atoms with Crippen LogP contribution in [-0.2, 0) is 12.7 Å². The summed E-state index contributed by atoms with van der Waals surface area (Å²) >= 11 is 17.6. The van der Waals surface area contributed by atoms with E-state index < -0.39 is 36.0 Å². The highest BCUT2D eigenvalue weighted by atomic mass is 35.5. The molecule has 4 rings (SSSR count). The summed E-state index contributed by atoms with van der Waals surface area (Å²) in [4.78, 5) is 23.9. The molecule has 0 aliphatic heterocycles. The molecule has 0 heterocycles. The molecule has 256 valence electrons. The fourth-order valence-electron chi connectivity index (χ4n) is 4.05. The summed E-state index contributed by atoms with van der Waals surface area (Å²) < 4.78 is 37.5. The van der Waals surface area contributed by atoms with Gasteiger partial charge in [0, 0.05) is 38.4 Å². The lowest BCUT2D eigenvalue weighted by atomic mass is 10.1. The van der Waals surface area contributed by atoms with Crippen LogP contribution in [0.15, 0.2) is 72.8 Å². The molecule has 0 bridgehead atoms. The van der Waals surface area contributed by atoms with Crippen molar-refractivity contribution in [3.8, 4) is 11.5 Å². The highest BCUT2D eigenvalue weighted by molar-refractivity contribution is 6.31. The van der Waals surface area contributed by atoms with E-state index in [9.17, 15) is 43.2 Å². The maximum atomic E-state index is 12.5. The summed E-state index contributed by atoms with van der Waals surface area (Å²) in [6.07, 6.45) is -6.34. The number of phenolic OH excluding ortho intramolecular Hbond substituents is 2. The highest BCUT2D eigenvalue weighted by Gasteiger charge is 2.30. The Labute approximate surface area is 288 Å². The van der Waals surface area contributed by atoms with E-state index in [-0.39, 0.29) is 50.6 Å². The summed E-state index contributed by atoms with van der Waals surface area (Å²) in [7, 11) is 0. The Hall–Kier alpha value is -4.40. The number of carbonyl (C=O) groups is 2. The van der Waals surface area contributed by atoms with Crippen molar-refractivity contribution < 1.29 is 43.2 Å². The number of urea groups is 2. The zero-order chi connectivity index (χ0) is 35.8. The highest BCUT2D eigenvalue weighted by Crippen LogP contribution is 2.36. The molecule has 0 saturated carbocycles. The predicted molar refractivity (Wildman–Crippen MR) is 179 cm³/mol. The quantitative estimate of drug-likeness (QED) is 0.0887. The molecule has 8 N–H and O–H groups in total. The molecule has 4 aromatic rings. The van der Waals surface area contributed by atoms with Crippen molar-refractivity contribution in [2.24, 2.45) is 0 Å². The number of benzene rings is 4. The number of amides is 4. The van der Waals surface area contributed by atoms with Gasteiger partial charge in [-0.25, -0.2) is 9.59 Å². The van der Waals surface area contributed by atoms with E-state index in [1.165, 1.54) is 50.2 Å². The molecule has 4 amide bonds. The second-order valence-electron chi connectivity index (χ2n) is 10.2. The van der Waals surface area contributed by atoms with Crippen LogP contribution in [0.3, 0.4) is 0 Å². The molecule has 2 unspecified atom stereocenters. The van der Waals surface area contributed by atoms with Gasteiger partial charge in [-0.3, -0.25) is 0 Å². The van der Waals surface area contributed by atoms with Crippen LogP contribution in [0, 0.1) is 0 Å². The average molecular weight is 730 g/mol. The molecule has 16 heteroatoms. The summed E-state index contributed by atoms with van der Waals surface area (Å²) in [5.41, 5.74) is 0.713. The number of nitrogens with one attached hydrogen (secondary N) is 4. The normalized spacial score (nSPS) is 12.2. The monoisotopic (exact) mass is 728 g/mol. The summed E-state index contributed by atoms with van der Waals surface area (Å²) in [5.74, 6) is -0.556. The number of alkyl halides is 3. The Morgan fingerprint density at radius 1 is 0.688 bits per heavy atom. The van der Waals surface area contributed by atoms with Gasteiger partial charge in [-0.1, -0.05) is 46.9 Å². The third-order valence-corrected chi connectivity index (χ3v) is 7.13. The van der Waals surface area contributed by atoms with Gasteiger partial charge < -0.3 is 41.7 Å². The van der Waals surface area contributed by atoms with Crippen molar-refractivity contribution in [1.82, 2.24) is 5.32 Å². The maximum Gasteiger partial charge on any atom is 0.416 e. The SMILES string of the molecule is CC(O)c1cc(Cl)cc(NC(=O)NCc2ccc(C(F)(F)F)cc2)c1O.CC(O)c1cc(Cl)cc(NC(=O)Nc2ccc(Cl)cc2)c1O. The first-order chi connectivity index (χ1) is 22.4. The van der Waals surface area contributed by atoms with Gasteiger partial charge in [0.25, 0.3) is 0 Å². The molecule has 0 fully saturated rings. The number of hydrogen-bond acceptors (Lipinski definition) is 6. The van der Waals surface area contributed by atoms with Crippen LogP contribution in [0.2, 0.25) is 15.1 Å². The van der Waals surface area contributed by atoms with Crippen molar-refractivity contribution in [2.45, 2.75) is 38.8 Å². The van der Waals surface area contributed by atoms with Crippen LogP contribution in [0.1, 0.15) is 48.3 Å². The number of hydrogen-bond donors (Lipinski definition) is 8. The topological polar surface area (TPSA) is 163 Å². The van der Waals surface area contributed by atoms with Crippen LogP contribution in [0.5, 0.6) is 11.5 Å². The lowest BCUT2D eigenvalue weighted by molar-refractivity contribution is -0.137. The number of rotatable bonds is 7. The van der Waals surface area contributed by atoms with E-state index in [1.54, 1.807) is 24.3 Å². The Morgan fingerprint density at radius 2 is 1.15 bits per heavy atom. The number of halogens is 6. The second kappa shape index (κ2) is 16.6. The third-order valence-electron chi connectivity index (χ3n) is 6.44. The number of carbonyl (C=O) groups excluding carboxylic acids is 2. The maximum absolute atomic E-state index is 12.5. The Balaban J connectivity index is 0.000000264. The van der Waals surface area contributed by atoms with Crippen LogP contribution in [0.4, 0.5) is 39.8 Å². The van der Waals surface area contributed by atoms with Crippen LogP contribution in [0.25, 0.3) is 0 Å². The van der Waals surface area contributed by atoms with Gasteiger partial charge in [0.1, 0.15) is 11.5 Å². The fraction of sp³-hybridized carbons (Fsp3) is 0.188. The predicted octanol–water partition coefficient (Wildman–Crippen LogP) is 8.84. The smallest absolute Gasteiger partial charge is 0.416 e. The number of aromatic hydroxyl groups is 2. The minimum atomic E-state index is -4.42. The zero-order valence-electron chi connectivity index (χ0n) is 25.2. The zero-order valence-corrected chi connectivity index (χ0v) is 27.4. The van der Waals surface area contributed by atoms with E-state index >= 15 is 0 Å². The number of aliphatic hydroxyl groups is 2. The number of aliphatic hydroxyl groups excluding tert-OH is 2. The molecular formula is C32H30Cl3F3N4O6. The molecule has 0 aliphatic carbocycles. The molecular weight excluding hydrogens is 700 g/mol. The lowest BCUT2D eigenvalue weighted by Gasteiger charge is -2.14. The van der Waals surface area contributed by atoms with Crippen molar-refractivity contribution in [2.75, 3.05) is 16.0 Å². The minimum absolute atomic E-state index is 0.00156. The molecule has 10 nitrogen and oxygen atoms in total. The van der Waals surface area contributed by atoms with Crippen molar-refractivity contribution in [3.63, 3.8) is 0 Å². The van der Waals surface area contributed by atoms with E-state index in [1.807, 2.05) is 0 Å². The van der Waals surface area contributed by atoms with Crippen LogP contribution >= 0.6 is 34.8 Å². The third kappa shape index (κ3) is 11.1. The Bertz CT molecular complexity index is 1740. The average Bonchev–Trinajstić information content (AvgIpc) is 3.00. The molecule has 2 atom stereocenters. The van der Waals surface area contributed by atoms with E-state index in [0.29, 0.717) is 16.3 Å². The molecule has 48 heavy (non-hydrogen) atoms. The molecule has 0 saturated heterocycles. The summed E-state index contributed by atoms with van der Waals surface area (Å²) in [5, 5.41) is 50.2. The van der Waals surface area contributed by atoms with Crippen molar-refractivity contribution in [3.05, 3.63) is 110 Å². The first-order valence-corrected chi connectivity index (χ1v) is 15.0. The van der Waals surface area contributed by atoms with Crippen molar-refractivity contribution >= 4 is 63.9 Å². The van der Waals surface area contributed by atoms with Gasteiger partial charge in [0.2, 0.25) is 0 Å². The molecule has 0 radical (unpaired) electrons. The largest absolute Gasteiger partial charge is 0.505 e. The van der Waals surface area contributed by atoms with E-state index in [0.717, 1.165) is 12.1 Å². The molecule has 0 aromatic heterocycles. The summed E-state index contributed by atoms with van der Waals surface area (Å²) in [6, 6.07) is 15.2. The molecule has 0 spiro atoms. The minimum Gasteiger partial charge on any atom is -0.505 e. The van der Waals surface area contributed by atoms with Gasteiger partial charge in [-0.05, 0) is 80.1 Å². The second-order valence-corrected chi connectivity index (χ2v) is 11.5. The fourth-order valence-corrected chi connectivity index (χ4v) is 4.63. The van der Waals surface area contributed by atoms with Crippen molar-refractivity contribution in [1.29, 1.82) is 0 Å². The van der Waals surface area contributed by atoms with Gasteiger partial charge in [-0.2, -0.15) is 13.2 Å². The Kier molecular flexibility index (Phi) is 13.2. The van der Waals surface area contributed by atoms with Crippen LogP contribution in [-0.4, -0.2) is 32.5 Å². The molecule has 4 aromatic carbocycles. The Morgan fingerprint density at radius 3 is 1.58 bits per heavy atom. The molecule has 0 aliphatic rings. The van der Waals surface area contributed by atoms with Gasteiger partial charge >= 0.3 is 18.2 Å². The van der Waals surface area contributed by atoms with Gasteiger partial charge in [-0.15, -0.1) is 0 Å². The van der Waals surface area contributed by atoms with Gasteiger partial charge in [0.15, 0.2) is 0 Å². The van der Waals surface area contributed by atoms with Crippen LogP contribution < -0.4 is 21.3 Å². The standard InChI is InChI=1S/C17H16ClF3N2O3.C15H14Cl2N2O3/c1-9(24)13-6-12(18)7-14(15(13)25)23-16(26)22-8-10-2-4-11(5-3-10)17(19,20)21;1-8(20)12-6-10(17)7-13(14(12)21)19-15(22)18-11-4-2-9(16)3-5-11/h2-7,9,24-25H,8H2,1H3,(H2,22,23,26);2-8,20-21H,1H3,(H2,18,19,22). The van der Waals surface area contributed by atoms with Gasteiger partial charge in [0.05, 0.1) is 29.1 Å². The lowest BCUT2D eigenvalue weighted by Crippen LogP contribution is -2.28. The summed E-state index contributed by atoms with van der Waals surface area (Å²) in [6.45, 7) is 2.90. The van der Waals surface area contributed by atoms with E-state index in [2.05, 4.69) is 21.3 Å². The number of anilines is 3. The first-order valence-electron chi connectivity index (χ1n) is 13.9. The van der Waals surface area contributed by atoms with E-state index in [4.69, 9.17) is 34.8 Å².